The molecule has 0 radical (unpaired) electrons. The first-order chi connectivity index (χ1) is 11.4. The molecule has 1 unspecified atom stereocenters. The number of hydrogen-bond donors (Lipinski definition) is 0. The maximum atomic E-state index is 13.2. The van der Waals surface area contributed by atoms with Gasteiger partial charge in [0, 0.05) is 11.0 Å². The summed E-state index contributed by atoms with van der Waals surface area (Å²) in [7, 11) is -3.72. The number of hydrogen-bond acceptors (Lipinski definition) is 2. The van der Waals surface area contributed by atoms with Crippen LogP contribution in [-0.2, 0) is 10.0 Å². The molecule has 1 aliphatic heterocycles. The van der Waals surface area contributed by atoms with Crippen molar-refractivity contribution >= 4 is 49.2 Å². The molecule has 0 aromatic heterocycles. The fourth-order valence-corrected chi connectivity index (χ4v) is 5.89. The Labute approximate surface area is 160 Å². The minimum absolute atomic E-state index is 0.0681. The molecule has 0 N–H and O–H groups in total. The predicted molar refractivity (Wildman–Crippen MR) is 101 cm³/mol. The largest absolute Gasteiger partial charge is 0.245 e. The first-order valence-electron chi connectivity index (χ1n) is 7.62. The van der Waals surface area contributed by atoms with Crippen LogP contribution in [0.25, 0.3) is 0 Å². The SMILES string of the molecule is O=S(=O)(c1cccc(Cl)c1Cl)N1CCCCC1c1cccc(Br)c1. The zero-order valence-electron chi connectivity index (χ0n) is 12.8. The molecule has 1 fully saturated rings. The first-order valence-corrected chi connectivity index (χ1v) is 10.6. The van der Waals surface area contributed by atoms with Gasteiger partial charge in [-0.15, -0.1) is 0 Å². The predicted octanol–water partition coefficient (Wildman–Crippen LogP) is 5.67. The Morgan fingerprint density at radius 2 is 1.83 bits per heavy atom. The molecule has 1 atom stereocenters. The second kappa shape index (κ2) is 7.34. The van der Waals surface area contributed by atoms with E-state index >= 15 is 0 Å². The van der Waals surface area contributed by atoms with Gasteiger partial charge in [-0.3, -0.25) is 0 Å². The van der Waals surface area contributed by atoms with E-state index in [4.69, 9.17) is 23.2 Å². The smallest absolute Gasteiger partial charge is 0.207 e. The van der Waals surface area contributed by atoms with Gasteiger partial charge in [0.25, 0.3) is 0 Å². The van der Waals surface area contributed by atoms with Crippen LogP contribution in [-0.4, -0.2) is 19.3 Å². The molecule has 0 saturated carbocycles. The van der Waals surface area contributed by atoms with Crippen LogP contribution in [0.5, 0.6) is 0 Å². The highest BCUT2D eigenvalue weighted by molar-refractivity contribution is 9.10. The number of nitrogens with zero attached hydrogens (tertiary/aromatic N) is 1. The minimum atomic E-state index is -3.72. The molecule has 3 nitrogen and oxygen atoms in total. The van der Waals surface area contributed by atoms with Gasteiger partial charge in [0.05, 0.1) is 16.1 Å². The molecule has 1 saturated heterocycles. The Morgan fingerprint density at radius 3 is 2.58 bits per heavy atom. The Hall–Kier alpha value is -0.590. The summed E-state index contributed by atoms with van der Waals surface area (Å²) in [5.74, 6) is 0. The van der Waals surface area contributed by atoms with E-state index in [1.165, 1.54) is 6.07 Å². The Kier molecular flexibility index (Phi) is 5.57. The standard InChI is InChI=1S/C17H16BrCl2NO2S/c18-13-6-3-5-12(11-13)15-8-1-2-10-21(15)24(22,23)16-9-4-7-14(19)17(16)20/h3-7,9,11,15H,1-2,8,10H2. The van der Waals surface area contributed by atoms with E-state index in [1.54, 1.807) is 16.4 Å². The average Bonchev–Trinajstić information content (AvgIpc) is 2.57. The molecule has 2 aromatic rings. The van der Waals surface area contributed by atoms with Crippen molar-refractivity contribution < 1.29 is 8.42 Å². The number of sulfonamides is 1. The molecule has 3 rings (SSSR count). The van der Waals surface area contributed by atoms with Crippen molar-refractivity contribution in [3.05, 3.63) is 62.5 Å². The molecular weight excluding hydrogens is 433 g/mol. The van der Waals surface area contributed by atoms with Crippen molar-refractivity contribution in [1.82, 2.24) is 4.31 Å². The average molecular weight is 449 g/mol. The van der Waals surface area contributed by atoms with Crippen molar-refractivity contribution in [2.75, 3.05) is 6.54 Å². The molecule has 0 bridgehead atoms. The molecule has 2 aromatic carbocycles. The van der Waals surface area contributed by atoms with Crippen LogP contribution in [0.1, 0.15) is 30.9 Å². The zero-order valence-corrected chi connectivity index (χ0v) is 16.7. The van der Waals surface area contributed by atoms with Gasteiger partial charge in [-0.2, -0.15) is 4.31 Å². The fourth-order valence-electron chi connectivity index (χ4n) is 3.05. The van der Waals surface area contributed by atoms with E-state index in [-0.39, 0.29) is 21.0 Å². The topological polar surface area (TPSA) is 37.4 Å². The van der Waals surface area contributed by atoms with Gasteiger partial charge in [-0.05, 0) is 42.7 Å². The van der Waals surface area contributed by atoms with E-state index in [2.05, 4.69) is 15.9 Å². The van der Waals surface area contributed by atoms with E-state index in [0.717, 1.165) is 29.3 Å². The number of benzene rings is 2. The van der Waals surface area contributed by atoms with Crippen LogP contribution >= 0.6 is 39.1 Å². The summed E-state index contributed by atoms with van der Waals surface area (Å²) in [6.07, 6.45) is 2.61. The third kappa shape index (κ3) is 3.51. The first kappa shape index (κ1) is 18.2. The van der Waals surface area contributed by atoms with Crippen LogP contribution in [0, 0.1) is 0 Å². The quantitative estimate of drug-likeness (QED) is 0.606. The van der Waals surface area contributed by atoms with Gasteiger partial charge >= 0.3 is 0 Å². The van der Waals surface area contributed by atoms with Crippen molar-refractivity contribution in [3.8, 4) is 0 Å². The second-order valence-corrected chi connectivity index (χ2v) is 9.29. The molecule has 128 valence electrons. The van der Waals surface area contributed by atoms with Gasteiger partial charge < -0.3 is 0 Å². The third-order valence-corrected chi connectivity index (χ3v) is 7.56. The van der Waals surface area contributed by atoms with Crippen LogP contribution in [0.2, 0.25) is 10.0 Å². The van der Waals surface area contributed by atoms with Crippen LogP contribution in [0.4, 0.5) is 0 Å². The second-order valence-electron chi connectivity index (χ2n) is 5.73. The molecule has 0 spiro atoms. The lowest BCUT2D eigenvalue weighted by atomic mass is 9.98. The number of halogens is 3. The van der Waals surface area contributed by atoms with Gasteiger partial charge in [0.1, 0.15) is 4.90 Å². The molecular formula is C17H16BrCl2NO2S. The summed E-state index contributed by atoms with van der Waals surface area (Å²) < 4.78 is 28.9. The molecule has 7 heteroatoms. The fraction of sp³-hybridized carbons (Fsp3) is 0.294. The van der Waals surface area contributed by atoms with E-state index < -0.39 is 10.0 Å². The van der Waals surface area contributed by atoms with Crippen molar-refractivity contribution in [2.45, 2.75) is 30.2 Å². The Balaban J connectivity index is 2.05. The summed E-state index contributed by atoms with van der Waals surface area (Å²) in [6.45, 7) is 0.475. The minimum Gasteiger partial charge on any atom is -0.207 e. The van der Waals surface area contributed by atoms with Gasteiger partial charge in [-0.25, -0.2) is 8.42 Å². The maximum Gasteiger partial charge on any atom is 0.245 e. The highest BCUT2D eigenvalue weighted by atomic mass is 79.9. The Bertz CT molecular complexity index is 857. The Morgan fingerprint density at radius 1 is 1.08 bits per heavy atom. The number of piperidine rings is 1. The maximum absolute atomic E-state index is 13.2. The van der Waals surface area contributed by atoms with Crippen molar-refractivity contribution in [1.29, 1.82) is 0 Å². The lowest BCUT2D eigenvalue weighted by molar-refractivity contribution is 0.256. The summed E-state index contributed by atoms with van der Waals surface area (Å²) in [5, 5.41) is 0.325. The summed E-state index contributed by atoms with van der Waals surface area (Å²) in [6, 6.07) is 12.3. The normalized spacial score (nSPS) is 19.4. The van der Waals surface area contributed by atoms with Crippen molar-refractivity contribution in [3.63, 3.8) is 0 Å². The lowest BCUT2D eigenvalue weighted by Crippen LogP contribution is -2.38. The highest BCUT2D eigenvalue weighted by Crippen LogP contribution is 2.39. The van der Waals surface area contributed by atoms with Gasteiger partial charge in [0.2, 0.25) is 10.0 Å². The summed E-state index contributed by atoms with van der Waals surface area (Å²) in [4.78, 5) is 0.0681. The molecule has 1 aliphatic rings. The van der Waals surface area contributed by atoms with Crippen LogP contribution in [0.3, 0.4) is 0 Å². The molecule has 24 heavy (non-hydrogen) atoms. The summed E-state index contributed by atoms with van der Waals surface area (Å²) >= 11 is 15.6. The van der Waals surface area contributed by atoms with Crippen LogP contribution in [0.15, 0.2) is 51.8 Å². The lowest BCUT2D eigenvalue weighted by Gasteiger charge is -2.35. The highest BCUT2D eigenvalue weighted by Gasteiger charge is 2.35. The van der Waals surface area contributed by atoms with E-state index in [1.807, 2.05) is 24.3 Å². The molecule has 1 heterocycles. The monoisotopic (exact) mass is 447 g/mol. The van der Waals surface area contributed by atoms with Crippen molar-refractivity contribution in [2.24, 2.45) is 0 Å². The van der Waals surface area contributed by atoms with E-state index in [0.29, 0.717) is 6.54 Å². The van der Waals surface area contributed by atoms with E-state index in [9.17, 15) is 8.42 Å². The van der Waals surface area contributed by atoms with Gasteiger partial charge in [-0.1, -0.05) is 63.8 Å². The zero-order chi connectivity index (χ0) is 17.3. The number of rotatable bonds is 3. The molecule has 0 amide bonds. The summed E-state index contributed by atoms with van der Waals surface area (Å²) in [5.41, 5.74) is 0.978. The van der Waals surface area contributed by atoms with Gasteiger partial charge in [0.15, 0.2) is 0 Å². The van der Waals surface area contributed by atoms with Crippen LogP contribution < -0.4 is 0 Å². The third-order valence-electron chi connectivity index (χ3n) is 4.19. The molecule has 0 aliphatic carbocycles.